The lowest BCUT2D eigenvalue weighted by atomic mass is 10.0. The molecule has 1 fully saturated rings. The van der Waals surface area contributed by atoms with E-state index in [0.717, 1.165) is 18.8 Å². The van der Waals surface area contributed by atoms with E-state index in [-0.39, 0.29) is 27.3 Å². The standard InChI is InChI=1S/C29H30Cl2FN7O3/c1-17-22(15-35-39(17)12-13-42-3)19-6-7-21(26(32)25(19)31)24-16-34-27(37(24)2)28(40)36-18-4-5-20(23(30)14-18)29(41)38-10-8-33-9-11-38/h4-7,14-16,33H,8-13H2,1-3H3,(H,36,40). The van der Waals surface area contributed by atoms with Crippen LogP contribution in [0.1, 0.15) is 26.7 Å². The van der Waals surface area contributed by atoms with E-state index >= 15 is 4.39 Å². The zero-order valence-electron chi connectivity index (χ0n) is 23.4. The van der Waals surface area contributed by atoms with Crippen LogP contribution in [-0.4, -0.2) is 75.9 Å². The molecule has 0 radical (unpaired) electrons. The van der Waals surface area contributed by atoms with Gasteiger partial charge in [0.05, 0.1) is 46.8 Å². The van der Waals surface area contributed by atoms with E-state index in [0.29, 0.717) is 54.3 Å². The molecule has 0 bridgehead atoms. The quantitative estimate of drug-likeness (QED) is 0.300. The van der Waals surface area contributed by atoms with Crippen molar-refractivity contribution in [3.05, 3.63) is 75.7 Å². The van der Waals surface area contributed by atoms with Gasteiger partial charge in [-0.3, -0.25) is 14.3 Å². The number of imidazole rings is 1. The fraction of sp³-hybridized carbons (Fsp3) is 0.310. The Hall–Kier alpha value is -3.77. The predicted octanol–water partition coefficient (Wildman–Crippen LogP) is 4.65. The van der Waals surface area contributed by atoms with Crippen LogP contribution in [0, 0.1) is 12.7 Å². The number of anilines is 1. The van der Waals surface area contributed by atoms with Crippen molar-refractivity contribution >= 4 is 40.7 Å². The number of halogens is 3. The van der Waals surface area contributed by atoms with Gasteiger partial charge in [-0.1, -0.05) is 29.3 Å². The van der Waals surface area contributed by atoms with Crippen molar-refractivity contribution in [3.8, 4) is 22.4 Å². The van der Waals surface area contributed by atoms with Gasteiger partial charge in [-0.2, -0.15) is 5.10 Å². The van der Waals surface area contributed by atoms with Crippen LogP contribution < -0.4 is 10.6 Å². The first-order chi connectivity index (χ1) is 20.2. The number of rotatable bonds is 8. The van der Waals surface area contributed by atoms with Crippen LogP contribution in [0.15, 0.2) is 42.7 Å². The van der Waals surface area contributed by atoms with Crippen LogP contribution in [0.5, 0.6) is 0 Å². The highest BCUT2D eigenvalue weighted by Gasteiger charge is 2.23. The predicted molar refractivity (Wildman–Crippen MR) is 160 cm³/mol. The molecule has 0 aliphatic carbocycles. The summed E-state index contributed by atoms with van der Waals surface area (Å²) in [6.07, 6.45) is 3.07. The number of aromatic nitrogens is 4. The van der Waals surface area contributed by atoms with Gasteiger partial charge in [0.2, 0.25) is 0 Å². The van der Waals surface area contributed by atoms with Gasteiger partial charge in [0.1, 0.15) is 0 Å². The van der Waals surface area contributed by atoms with E-state index in [2.05, 4.69) is 20.7 Å². The van der Waals surface area contributed by atoms with Gasteiger partial charge in [0.15, 0.2) is 11.6 Å². The molecule has 220 valence electrons. The molecule has 0 spiro atoms. The van der Waals surface area contributed by atoms with Gasteiger partial charge < -0.3 is 24.8 Å². The third-order valence-electron chi connectivity index (χ3n) is 7.31. The number of benzene rings is 2. The Balaban J connectivity index is 1.34. The van der Waals surface area contributed by atoms with Crippen LogP contribution in [0.4, 0.5) is 10.1 Å². The first-order valence-corrected chi connectivity index (χ1v) is 14.1. The molecule has 2 aromatic heterocycles. The molecule has 13 heteroatoms. The Kier molecular flexibility index (Phi) is 8.93. The summed E-state index contributed by atoms with van der Waals surface area (Å²) in [5, 5.41) is 10.5. The number of carbonyl (C=O) groups is 2. The molecule has 4 aromatic rings. The molecule has 0 unspecified atom stereocenters. The maximum atomic E-state index is 15.6. The first-order valence-electron chi connectivity index (χ1n) is 13.3. The van der Waals surface area contributed by atoms with E-state index in [4.69, 9.17) is 27.9 Å². The second kappa shape index (κ2) is 12.6. The Morgan fingerprint density at radius 1 is 1.10 bits per heavy atom. The van der Waals surface area contributed by atoms with Crippen molar-refractivity contribution in [2.45, 2.75) is 13.5 Å². The fourth-order valence-electron chi connectivity index (χ4n) is 4.93. The minimum atomic E-state index is -0.635. The Morgan fingerprint density at radius 2 is 1.83 bits per heavy atom. The van der Waals surface area contributed by atoms with E-state index in [1.165, 1.54) is 16.8 Å². The molecule has 2 N–H and O–H groups in total. The number of hydrogen-bond donors (Lipinski definition) is 2. The number of ether oxygens (including phenoxy) is 1. The summed E-state index contributed by atoms with van der Waals surface area (Å²) in [4.78, 5) is 31.9. The Labute approximate surface area is 252 Å². The first kappa shape index (κ1) is 29.7. The number of amides is 2. The average Bonchev–Trinajstić information content (AvgIpc) is 3.55. The molecule has 1 aliphatic rings. The van der Waals surface area contributed by atoms with Gasteiger partial charge >= 0.3 is 0 Å². The molecule has 0 atom stereocenters. The van der Waals surface area contributed by atoms with Gasteiger partial charge in [0, 0.05) is 68.4 Å². The van der Waals surface area contributed by atoms with Crippen molar-refractivity contribution < 1.29 is 18.7 Å². The summed E-state index contributed by atoms with van der Waals surface area (Å²) >= 11 is 12.9. The lowest BCUT2D eigenvalue weighted by molar-refractivity contribution is 0.0736. The third kappa shape index (κ3) is 5.78. The van der Waals surface area contributed by atoms with Crippen LogP contribution in [-0.2, 0) is 18.3 Å². The molecule has 5 rings (SSSR count). The minimum Gasteiger partial charge on any atom is -0.383 e. The van der Waals surface area contributed by atoms with E-state index in [1.807, 2.05) is 6.92 Å². The molecule has 10 nitrogen and oxygen atoms in total. The SMILES string of the molecule is COCCn1ncc(-c2ccc(-c3cnc(C(=O)Nc4ccc(C(=O)N5CCNCC5)c(Cl)c4)n3C)c(F)c2Cl)c1C. The second-order valence-corrected chi connectivity index (χ2v) is 10.7. The summed E-state index contributed by atoms with van der Waals surface area (Å²) in [5.41, 5.74) is 3.38. The number of nitrogens with one attached hydrogen (secondary N) is 2. The van der Waals surface area contributed by atoms with Gasteiger partial charge in [-0.15, -0.1) is 0 Å². The number of nitrogens with zero attached hydrogens (tertiary/aromatic N) is 5. The molecular weight excluding hydrogens is 584 g/mol. The highest BCUT2D eigenvalue weighted by atomic mass is 35.5. The maximum absolute atomic E-state index is 15.6. The van der Waals surface area contributed by atoms with Crippen LogP contribution in [0.2, 0.25) is 10.0 Å². The second-order valence-electron chi connectivity index (χ2n) is 9.87. The number of carbonyl (C=O) groups excluding carboxylic acids is 2. The summed E-state index contributed by atoms with van der Waals surface area (Å²) in [6, 6.07) is 8.06. The summed E-state index contributed by atoms with van der Waals surface area (Å²) in [6.45, 7) is 5.59. The number of methoxy groups -OCH3 is 1. The third-order valence-corrected chi connectivity index (χ3v) is 7.99. The molecule has 1 aliphatic heterocycles. The number of piperazine rings is 1. The highest BCUT2D eigenvalue weighted by Crippen LogP contribution is 2.37. The van der Waals surface area contributed by atoms with Gasteiger partial charge in [-0.05, 0) is 31.2 Å². The zero-order valence-corrected chi connectivity index (χ0v) is 24.9. The normalized spacial score (nSPS) is 13.4. The lowest BCUT2D eigenvalue weighted by Crippen LogP contribution is -2.46. The van der Waals surface area contributed by atoms with Crippen molar-refractivity contribution in [1.29, 1.82) is 0 Å². The van der Waals surface area contributed by atoms with E-state index < -0.39 is 11.7 Å². The molecule has 2 amide bonds. The average molecular weight is 615 g/mol. The largest absolute Gasteiger partial charge is 0.383 e. The maximum Gasteiger partial charge on any atom is 0.291 e. The highest BCUT2D eigenvalue weighted by molar-refractivity contribution is 6.34. The molecule has 0 saturated carbocycles. The lowest BCUT2D eigenvalue weighted by Gasteiger charge is -2.27. The summed E-state index contributed by atoms with van der Waals surface area (Å²) in [5.74, 6) is -1.26. The van der Waals surface area contributed by atoms with E-state index in [9.17, 15) is 9.59 Å². The summed E-state index contributed by atoms with van der Waals surface area (Å²) in [7, 11) is 3.23. The van der Waals surface area contributed by atoms with Crippen molar-refractivity contribution in [3.63, 3.8) is 0 Å². The van der Waals surface area contributed by atoms with Crippen LogP contribution >= 0.6 is 23.2 Å². The fourth-order valence-corrected chi connectivity index (χ4v) is 5.46. The minimum absolute atomic E-state index is 0.0527. The van der Waals surface area contributed by atoms with Crippen molar-refractivity contribution in [1.82, 2.24) is 29.5 Å². The summed E-state index contributed by atoms with van der Waals surface area (Å²) < 4.78 is 24.0. The smallest absolute Gasteiger partial charge is 0.291 e. The monoisotopic (exact) mass is 613 g/mol. The molecule has 1 saturated heterocycles. The molecule has 3 heterocycles. The van der Waals surface area contributed by atoms with Crippen molar-refractivity contribution in [2.75, 3.05) is 45.2 Å². The molecule has 42 heavy (non-hydrogen) atoms. The Morgan fingerprint density at radius 3 is 2.55 bits per heavy atom. The van der Waals surface area contributed by atoms with Crippen LogP contribution in [0.25, 0.3) is 22.4 Å². The topological polar surface area (TPSA) is 106 Å². The van der Waals surface area contributed by atoms with Gasteiger partial charge in [0.25, 0.3) is 11.8 Å². The Bertz CT molecular complexity index is 1650. The van der Waals surface area contributed by atoms with Crippen LogP contribution in [0.3, 0.4) is 0 Å². The molecule has 2 aromatic carbocycles. The zero-order chi connectivity index (χ0) is 30.0. The van der Waals surface area contributed by atoms with Crippen molar-refractivity contribution in [2.24, 2.45) is 7.05 Å². The van der Waals surface area contributed by atoms with Gasteiger partial charge in [-0.25, -0.2) is 9.37 Å². The number of hydrogen-bond acceptors (Lipinski definition) is 6. The van der Waals surface area contributed by atoms with E-state index in [1.54, 1.807) is 54.2 Å². The molecular formula is C29H30Cl2FN7O3.